The zero-order valence-corrected chi connectivity index (χ0v) is 52.1. The molecule has 7 amide bonds. The molecule has 0 unspecified atom stereocenters. The number of amides is 7. The molecular weight excluding hydrogens is 1140 g/mol. The first-order valence-corrected chi connectivity index (χ1v) is 31.7. The third-order valence-electron chi connectivity index (χ3n) is 17.1. The number of nitrogens with zero attached hydrogens (tertiary/aromatic N) is 3. The molecule has 23 nitrogen and oxygen atoms in total. The van der Waals surface area contributed by atoms with Gasteiger partial charge in [0.05, 0.1) is 44.8 Å². The predicted molar refractivity (Wildman–Crippen MR) is 320 cm³/mol. The standard InChI is InChI=1S/C63H89N7O16S/c1-39-32-45(22-24-50(39)84-56(75)26-25-55(74)83-7)33-40(2)51-36-52(71)64-28-29-65-53(72)37-68(5)60(79)47(34-43-16-10-8-11-17-43)67-58(77)49(35-44-18-12-9-13-19-44)69(6)59(78)42(4)66-54(73)38-87-31-27-46-23-21-41(3)63(82,86-46)57(76)61(80)70-30-15-14-20-48(70)62(81)85-51/h8-13,16-19,39-42,45-51,82H,14-15,20-38H2,1-7H3,(H,64,71)(H,65,72)(H,66,73)(H,67,77)/t39-,40-,41-,42+,45-,46+,47+,48+,49+,50-,51+,63-/m1/s1. The van der Waals surface area contributed by atoms with Crippen LogP contribution < -0.4 is 21.3 Å². The number of ether oxygens (including phenoxy) is 4. The van der Waals surface area contributed by atoms with Gasteiger partial charge in [0.15, 0.2) is 0 Å². The lowest BCUT2D eigenvalue weighted by molar-refractivity contribution is -0.262. The maximum atomic E-state index is 14.6. The van der Waals surface area contributed by atoms with Gasteiger partial charge in [0, 0.05) is 52.5 Å². The van der Waals surface area contributed by atoms with Crippen LogP contribution in [-0.2, 0) is 84.5 Å². The van der Waals surface area contributed by atoms with Crippen LogP contribution in [0.2, 0.25) is 0 Å². The van der Waals surface area contributed by atoms with E-state index in [1.165, 1.54) is 49.7 Å². The number of carbonyl (C=O) groups excluding carboxylic acids is 11. The molecule has 1 aliphatic carbocycles. The largest absolute Gasteiger partial charge is 0.469 e. The lowest BCUT2D eigenvalue weighted by Crippen LogP contribution is -2.60. The fourth-order valence-corrected chi connectivity index (χ4v) is 12.8. The van der Waals surface area contributed by atoms with Crippen molar-refractivity contribution in [3.05, 3.63) is 71.8 Å². The van der Waals surface area contributed by atoms with E-state index in [9.17, 15) is 57.8 Å². The van der Waals surface area contributed by atoms with Gasteiger partial charge in [0.2, 0.25) is 41.2 Å². The quantitative estimate of drug-likeness (QED) is 0.123. The van der Waals surface area contributed by atoms with Crippen molar-refractivity contribution in [3.8, 4) is 0 Å². The molecule has 3 saturated heterocycles. The van der Waals surface area contributed by atoms with E-state index in [1.54, 1.807) is 55.5 Å². The van der Waals surface area contributed by atoms with Crippen molar-refractivity contribution >= 4 is 76.8 Å². The summed E-state index contributed by atoms with van der Waals surface area (Å²) < 4.78 is 22.7. The highest BCUT2D eigenvalue weighted by Crippen LogP contribution is 2.38. The molecule has 1 saturated carbocycles. The Hall–Kier alpha value is -6.92. The second-order valence-electron chi connectivity index (χ2n) is 23.8. The third-order valence-corrected chi connectivity index (χ3v) is 18.1. The molecule has 0 spiro atoms. The van der Waals surface area contributed by atoms with E-state index in [2.05, 4.69) is 26.0 Å². The molecule has 4 aliphatic rings. The smallest absolute Gasteiger partial charge is 0.329 e. The Kier molecular flexibility index (Phi) is 26.6. The van der Waals surface area contributed by atoms with Gasteiger partial charge in [-0.25, -0.2) is 4.79 Å². The summed E-state index contributed by atoms with van der Waals surface area (Å²) in [4.78, 5) is 155. The summed E-state index contributed by atoms with van der Waals surface area (Å²) in [5.74, 6) is -11.0. The number of cyclic esters (lactones) is 1. The fourth-order valence-electron chi connectivity index (χ4n) is 11.9. The van der Waals surface area contributed by atoms with Crippen LogP contribution in [0.25, 0.3) is 0 Å². The number of likely N-dealkylation sites (N-methyl/N-ethyl adjacent to an activating group) is 2. The Morgan fingerprint density at radius 3 is 2.09 bits per heavy atom. The lowest BCUT2D eigenvalue weighted by atomic mass is 9.75. The second kappa shape index (κ2) is 33.4. The van der Waals surface area contributed by atoms with Crippen molar-refractivity contribution in [2.45, 2.75) is 172 Å². The maximum Gasteiger partial charge on any atom is 0.329 e. The highest BCUT2D eigenvalue weighted by atomic mass is 32.2. The number of carbonyl (C=O) groups is 11. The van der Waals surface area contributed by atoms with Gasteiger partial charge in [-0.15, -0.1) is 0 Å². The molecule has 87 heavy (non-hydrogen) atoms. The van der Waals surface area contributed by atoms with Crippen LogP contribution in [-0.4, -0.2) is 192 Å². The van der Waals surface area contributed by atoms with Gasteiger partial charge in [0.25, 0.3) is 11.7 Å². The number of piperidine rings is 1. The zero-order chi connectivity index (χ0) is 63.4. The van der Waals surface area contributed by atoms with Crippen molar-refractivity contribution in [1.29, 1.82) is 0 Å². The Labute approximate surface area is 514 Å². The average Bonchev–Trinajstić information content (AvgIpc) is 2.92. The first kappa shape index (κ1) is 69.2. The van der Waals surface area contributed by atoms with Crippen LogP contribution >= 0.6 is 11.8 Å². The van der Waals surface area contributed by atoms with Crippen LogP contribution in [0.4, 0.5) is 0 Å². The summed E-state index contributed by atoms with van der Waals surface area (Å²) in [7, 11) is 4.12. The van der Waals surface area contributed by atoms with Crippen molar-refractivity contribution < 1.29 is 76.8 Å². The molecule has 5 N–H and O–H groups in total. The van der Waals surface area contributed by atoms with E-state index < -0.39 is 126 Å². The summed E-state index contributed by atoms with van der Waals surface area (Å²) in [6, 6.07) is 13.3. The minimum atomic E-state index is -2.52. The molecule has 2 aromatic rings. The number of esters is 3. The second-order valence-corrected chi connectivity index (χ2v) is 24.9. The number of hydrogen-bond acceptors (Lipinski definition) is 17. The van der Waals surface area contributed by atoms with Crippen LogP contribution in [0.3, 0.4) is 0 Å². The predicted octanol–water partition coefficient (Wildman–Crippen LogP) is 3.20. The monoisotopic (exact) mass is 1230 g/mol. The molecule has 478 valence electrons. The molecule has 0 aromatic heterocycles. The van der Waals surface area contributed by atoms with E-state index in [4.69, 9.17) is 14.2 Å². The normalized spacial score (nSPS) is 29.2. The minimum absolute atomic E-state index is 0.0136. The molecule has 4 fully saturated rings. The fraction of sp³-hybridized carbons (Fsp3) is 0.635. The summed E-state index contributed by atoms with van der Waals surface area (Å²) in [5, 5.41) is 23.1. The molecule has 3 aliphatic heterocycles. The molecule has 6 rings (SSSR count). The minimum Gasteiger partial charge on any atom is -0.469 e. The summed E-state index contributed by atoms with van der Waals surface area (Å²) in [5.41, 5.74) is 1.43. The van der Waals surface area contributed by atoms with Crippen LogP contribution in [0, 0.1) is 23.7 Å². The van der Waals surface area contributed by atoms with E-state index in [0.29, 0.717) is 62.7 Å². The average molecular weight is 1230 g/mol. The number of nitrogens with one attached hydrogen (secondary N) is 4. The van der Waals surface area contributed by atoms with E-state index in [-0.39, 0.29) is 88.3 Å². The van der Waals surface area contributed by atoms with Gasteiger partial charge in [-0.3, -0.25) is 47.9 Å². The zero-order valence-electron chi connectivity index (χ0n) is 51.3. The molecule has 0 radical (unpaired) electrons. The molecule has 24 heteroatoms. The first-order chi connectivity index (χ1) is 41.5. The number of aliphatic hydroxyl groups is 1. The molecular formula is C63H89N7O16S. The van der Waals surface area contributed by atoms with Crippen molar-refractivity contribution in [2.24, 2.45) is 23.7 Å². The highest BCUT2D eigenvalue weighted by molar-refractivity contribution is 7.99. The number of thioether (sulfide) groups is 1. The summed E-state index contributed by atoms with van der Waals surface area (Å²) >= 11 is 1.23. The summed E-state index contributed by atoms with van der Waals surface area (Å²) in [6.07, 6.45) is 2.04. The van der Waals surface area contributed by atoms with Crippen molar-refractivity contribution in [1.82, 2.24) is 36.0 Å². The molecule has 3 heterocycles. The van der Waals surface area contributed by atoms with Crippen molar-refractivity contribution in [3.63, 3.8) is 0 Å². The molecule has 12 atom stereocenters. The first-order valence-electron chi connectivity index (χ1n) is 30.5. The van der Waals surface area contributed by atoms with Gasteiger partial charge in [-0.2, -0.15) is 11.8 Å². The van der Waals surface area contributed by atoms with Gasteiger partial charge in [-0.05, 0) is 106 Å². The van der Waals surface area contributed by atoms with E-state index in [1.807, 2.05) is 26.0 Å². The third kappa shape index (κ3) is 20.3. The Bertz CT molecular complexity index is 2720. The van der Waals surface area contributed by atoms with E-state index in [0.717, 1.165) is 10.5 Å². The maximum absolute atomic E-state index is 14.6. The number of benzene rings is 2. The van der Waals surface area contributed by atoms with E-state index >= 15 is 0 Å². The number of hydrogen-bond donors (Lipinski definition) is 5. The Morgan fingerprint density at radius 2 is 1.43 bits per heavy atom. The van der Waals surface area contributed by atoms with Crippen LogP contribution in [0.1, 0.15) is 122 Å². The van der Waals surface area contributed by atoms with Gasteiger partial charge in [0.1, 0.15) is 36.4 Å². The number of methoxy groups -OCH3 is 1. The topological polar surface area (TPSA) is 303 Å². The number of rotatable bonds is 11. The Morgan fingerprint density at radius 1 is 0.770 bits per heavy atom. The summed E-state index contributed by atoms with van der Waals surface area (Å²) in [6.45, 7) is 6.40. The van der Waals surface area contributed by atoms with Crippen molar-refractivity contribution in [2.75, 3.05) is 58.9 Å². The lowest BCUT2D eigenvalue weighted by Gasteiger charge is -2.42. The van der Waals surface area contributed by atoms with Gasteiger partial charge < -0.3 is 60.0 Å². The number of fused-ring (bicyclic) bond motifs is 3. The van der Waals surface area contributed by atoms with Gasteiger partial charge in [-0.1, -0.05) is 81.4 Å². The SMILES string of the molecule is COC(=O)CCC(=O)O[C@@H]1CC[C@@H](C[C@@H](C)[C@@H]2CC(=O)NCCNC(=O)CN(C)C(=O)[C@H](Cc3ccccc3)NC(=O)[C@H](Cc3ccccc3)N(C)C(=O)[C@H](C)NC(=O)CSCC[C@@H]3CC[C@@H](C)[C@@](O)(O3)C(=O)C(=O)N3CCCC[C@H]3C(=O)O2)C[C@H]1C. The highest BCUT2D eigenvalue weighted by Gasteiger charge is 2.53. The molecule has 2 bridgehead atoms. The number of ketones is 1. The van der Waals surface area contributed by atoms with Crippen LogP contribution in [0.15, 0.2) is 60.7 Å². The molecule has 2 aromatic carbocycles. The Balaban J connectivity index is 1.22. The number of Topliss-reactive ketones (excluding diaryl/α,β-unsaturated/α-hetero) is 1. The van der Waals surface area contributed by atoms with Crippen LogP contribution in [0.5, 0.6) is 0 Å². The van der Waals surface area contributed by atoms with Gasteiger partial charge >= 0.3 is 17.9 Å².